The van der Waals surface area contributed by atoms with Crippen molar-refractivity contribution in [2.75, 3.05) is 0 Å². The van der Waals surface area contributed by atoms with Crippen LogP contribution in [0.5, 0.6) is 0 Å². The van der Waals surface area contributed by atoms with Crippen molar-refractivity contribution in [2.45, 2.75) is 13.3 Å². The lowest BCUT2D eigenvalue weighted by Gasteiger charge is -2.09. The average molecular weight is 492 g/mol. The lowest BCUT2D eigenvalue weighted by molar-refractivity contribution is 0.669. The predicted octanol–water partition coefficient (Wildman–Crippen LogP) is 10.0. The molecule has 0 aliphatic carbocycles. The van der Waals surface area contributed by atoms with Crippen molar-refractivity contribution in [3.63, 3.8) is 0 Å². The summed E-state index contributed by atoms with van der Waals surface area (Å²) in [4.78, 5) is 0. The van der Waals surface area contributed by atoms with Gasteiger partial charge in [0.1, 0.15) is 11.2 Å². The Balaban J connectivity index is 1.32. The van der Waals surface area contributed by atoms with Crippen molar-refractivity contribution >= 4 is 50.6 Å². The molecule has 0 amide bonds. The van der Waals surface area contributed by atoms with Gasteiger partial charge in [-0.2, -0.15) is 0 Å². The van der Waals surface area contributed by atoms with E-state index in [1.807, 2.05) is 30.4 Å². The Morgan fingerprint density at radius 3 is 2.37 bits per heavy atom. The summed E-state index contributed by atoms with van der Waals surface area (Å²) in [6.45, 7) is 10.3. The largest absolute Gasteiger partial charge is 0.456 e. The van der Waals surface area contributed by atoms with Crippen LogP contribution in [-0.2, 0) is 6.42 Å². The molecule has 2 aromatic heterocycles. The molecule has 2 heterocycles. The molecule has 38 heavy (non-hydrogen) atoms. The molecule has 4 aromatic carbocycles. The third-order valence-electron chi connectivity index (χ3n) is 7.19. The standard InChI is InChI=1S/C36H29NO/c1-4-26(27-20-22-36-32(24-27)30-17-10-11-18-35(30)38-36)14-12-13-25-19-21-34-31(23-25)29(5-2)33(6-3)37(34)28-15-8-7-9-16-28/h4-12,14-24H,2-3,13H2,1H3/b14-12-,26-4+. The molecule has 0 fully saturated rings. The van der Waals surface area contributed by atoms with Gasteiger partial charge in [0.05, 0.1) is 11.2 Å². The lowest BCUT2D eigenvalue weighted by Crippen LogP contribution is -1.96. The summed E-state index contributed by atoms with van der Waals surface area (Å²) < 4.78 is 8.26. The lowest BCUT2D eigenvalue weighted by atomic mass is 10.0. The van der Waals surface area contributed by atoms with Gasteiger partial charge >= 0.3 is 0 Å². The molecule has 184 valence electrons. The summed E-state index contributed by atoms with van der Waals surface area (Å²) >= 11 is 0. The Morgan fingerprint density at radius 2 is 1.58 bits per heavy atom. The minimum Gasteiger partial charge on any atom is -0.456 e. The topological polar surface area (TPSA) is 18.1 Å². The number of aromatic nitrogens is 1. The van der Waals surface area contributed by atoms with Crippen LogP contribution in [0.4, 0.5) is 0 Å². The average Bonchev–Trinajstić information content (AvgIpc) is 3.50. The second-order valence-corrected chi connectivity index (χ2v) is 9.39. The van der Waals surface area contributed by atoms with Crippen LogP contribution in [0.3, 0.4) is 0 Å². The zero-order chi connectivity index (χ0) is 26.1. The van der Waals surface area contributed by atoms with E-state index >= 15 is 0 Å². The van der Waals surface area contributed by atoms with Crippen LogP contribution in [0.1, 0.15) is 29.3 Å². The highest BCUT2D eigenvalue weighted by atomic mass is 16.3. The van der Waals surface area contributed by atoms with E-state index in [2.05, 4.69) is 116 Å². The van der Waals surface area contributed by atoms with E-state index in [0.29, 0.717) is 0 Å². The van der Waals surface area contributed by atoms with Crippen LogP contribution in [0.25, 0.3) is 56.3 Å². The second kappa shape index (κ2) is 9.91. The first-order valence-electron chi connectivity index (χ1n) is 12.9. The van der Waals surface area contributed by atoms with Crippen molar-refractivity contribution in [3.05, 3.63) is 145 Å². The molecule has 6 aromatic rings. The molecule has 0 aliphatic rings. The van der Waals surface area contributed by atoms with Crippen molar-refractivity contribution in [1.82, 2.24) is 4.57 Å². The van der Waals surface area contributed by atoms with Crippen molar-refractivity contribution < 1.29 is 4.42 Å². The smallest absolute Gasteiger partial charge is 0.135 e. The van der Waals surface area contributed by atoms with Gasteiger partial charge < -0.3 is 8.98 Å². The summed E-state index contributed by atoms with van der Waals surface area (Å²) in [5.74, 6) is 0. The van der Waals surface area contributed by atoms with Crippen LogP contribution in [0.2, 0.25) is 0 Å². The van der Waals surface area contributed by atoms with E-state index in [4.69, 9.17) is 4.42 Å². The Labute approximate surface area is 223 Å². The molecule has 2 nitrogen and oxygen atoms in total. The van der Waals surface area contributed by atoms with E-state index in [1.165, 1.54) is 22.1 Å². The maximum atomic E-state index is 6.01. The Bertz CT molecular complexity index is 1880. The fraction of sp³-hybridized carbons (Fsp3) is 0.0556. The van der Waals surface area contributed by atoms with E-state index in [9.17, 15) is 0 Å². The van der Waals surface area contributed by atoms with Gasteiger partial charge in [0, 0.05) is 27.4 Å². The highest BCUT2D eigenvalue weighted by Gasteiger charge is 2.15. The minimum absolute atomic E-state index is 0.834. The summed E-state index contributed by atoms with van der Waals surface area (Å²) in [5.41, 5.74) is 9.92. The number of furan rings is 1. The Kier molecular flexibility index (Phi) is 6.15. The van der Waals surface area contributed by atoms with Gasteiger partial charge in [-0.1, -0.05) is 86.0 Å². The van der Waals surface area contributed by atoms with Gasteiger partial charge in [0.15, 0.2) is 0 Å². The predicted molar refractivity (Wildman–Crippen MR) is 164 cm³/mol. The van der Waals surface area contributed by atoms with Crippen molar-refractivity contribution in [1.29, 1.82) is 0 Å². The molecule has 0 saturated heterocycles. The van der Waals surface area contributed by atoms with E-state index in [0.717, 1.165) is 50.8 Å². The molecule has 0 atom stereocenters. The van der Waals surface area contributed by atoms with Crippen LogP contribution in [0.15, 0.2) is 127 Å². The van der Waals surface area contributed by atoms with E-state index in [-0.39, 0.29) is 0 Å². The Morgan fingerprint density at radius 1 is 0.789 bits per heavy atom. The fourth-order valence-corrected chi connectivity index (χ4v) is 5.37. The number of nitrogens with zero attached hydrogens (tertiary/aromatic N) is 1. The third-order valence-corrected chi connectivity index (χ3v) is 7.19. The number of hydrogen-bond acceptors (Lipinski definition) is 1. The number of allylic oxidation sites excluding steroid dienone is 4. The molecular weight excluding hydrogens is 462 g/mol. The monoisotopic (exact) mass is 491 g/mol. The van der Waals surface area contributed by atoms with E-state index < -0.39 is 0 Å². The second-order valence-electron chi connectivity index (χ2n) is 9.39. The molecule has 0 radical (unpaired) electrons. The van der Waals surface area contributed by atoms with Crippen molar-refractivity contribution in [2.24, 2.45) is 0 Å². The summed E-state index contributed by atoms with van der Waals surface area (Å²) in [5, 5.41) is 3.49. The first-order valence-corrected chi connectivity index (χ1v) is 12.9. The normalized spacial score (nSPS) is 12.2. The number of hydrogen-bond donors (Lipinski definition) is 0. The minimum atomic E-state index is 0.834. The van der Waals surface area contributed by atoms with Gasteiger partial charge in [-0.15, -0.1) is 0 Å². The first-order chi connectivity index (χ1) is 18.7. The number of para-hydroxylation sites is 2. The maximum Gasteiger partial charge on any atom is 0.135 e. The van der Waals surface area contributed by atoms with Crippen LogP contribution < -0.4 is 0 Å². The summed E-state index contributed by atoms with van der Waals surface area (Å²) in [6, 6.07) is 31.7. The quantitative estimate of drug-likeness (QED) is 0.203. The molecule has 0 spiro atoms. The van der Waals surface area contributed by atoms with Gasteiger partial charge in [-0.05, 0) is 78.6 Å². The molecule has 2 heteroatoms. The van der Waals surface area contributed by atoms with Gasteiger partial charge in [-0.3, -0.25) is 0 Å². The highest BCUT2D eigenvalue weighted by molar-refractivity contribution is 6.06. The molecule has 0 bridgehead atoms. The highest BCUT2D eigenvalue weighted by Crippen LogP contribution is 2.33. The fourth-order valence-electron chi connectivity index (χ4n) is 5.37. The zero-order valence-corrected chi connectivity index (χ0v) is 21.5. The molecule has 0 saturated carbocycles. The molecule has 6 rings (SSSR count). The van der Waals surface area contributed by atoms with Gasteiger partial charge in [0.25, 0.3) is 0 Å². The molecular formula is C36H29NO. The van der Waals surface area contributed by atoms with Crippen LogP contribution >= 0.6 is 0 Å². The van der Waals surface area contributed by atoms with Gasteiger partial charge in [0.2, 0.25) is 0 Å². The van der Waals surface area contributed by atoms with E-state index in [1.54, 1.807) is 0 Å². The number of benzene rings is 4. The Hall–Kier alpha value is -4.82. The first kappa shape index (κ1) is 23.6. The van der Waals surface area contributed by atoms with Crippen LogP contribution in [-0.4, -0.2) is 4.57 Å². The number of rotatable bonds is 7. The zero-order valence-electron chi connectivity index (χ0n) is 21.5. The third kappa shape index (κ3) is 4.01. The van der Waals surface area contributed by atoms with Gasteiger partial charge in [-0.25, -0.2) is 0 Å². The molecule has 0 aliphatic heterocycles. The SMILES string of the molecule is C=Cc1c(C=C)n(-c2ccccc2)c2ccc(C/C=C\C(=C/C)c3ccc4oc5ccccc5c4c3)cc12. The summed E-state index contributed by atoms with van der Waals surface area (Å²) in [7, 11) is 0. The molecule has 0 N–H and O–H groups in total. The molecule has 0 unspecified atom stereocenters. The summed E-state index contributed by atoms with van der Waals surface area (Å²) in [6.07, 6.45) is 11.3. The van der Waals surface area contributed by atoms with Crippen LogP contribution in [0, 0.1) is 0 Å². The number of fused-ring (bicyclic) bond motifs is 4. The maximum absolute atomic E-state index is 6.01. The van der Waals surface area contributed by atoms with Crippen molar-refractivity contribution in [3.8, 4) is 5.69 Å².